The topological polar surface area (TPSA) is 34.5 Å². The highest BCUT2D eigenvalue weighted by Crippen LogP contribution is 2.34. The van der Waals surface area contributed by atoms with E-state index < -0.39 is 0 Å². The number of aliphatic imine (C=N–C) groups is 1. The van der Waals surface area contributed by atoms with E-state index in [0.717, 1.165) is 42.0 Å². The third kappa shape index (κ3) is 5.13. The molecule has 0 amide bonds. The van der Waals surface area contributed by atoms with Crippen LogP contribution in [0.4, 0.5) is 5.82 Å². The summed E-state index contributed by atoms with van der Waals surface area (Å²) in [6, 6.07) is 10.5. The highest BCUT2D eigenvalue weighted by Gasteiger charge is 2.15. The van der Waals surface area contributed by atoms with Crippen LogP contribution in [0.3, 0.4) is 0 Å². The van der Waals surface area contributed by atoms with Gasteiger partial charge in [-0.1, -0.05) is 55.3 Å². The number of hydrogen-bond donors (Lipinski definition) is 0. The summed E-state index contributed by atoms with van der Waals surface area (Å²) in [5, 5.41) is 0.651. The number of allylic oxidation sites excluding steroid dienone is 2. The predicted octanol–water partition coefficient (Wildman–Crippen LogP) is 7.92. The van der Waals surface area contributed by atoms with Gasteiger partial charge < -0.3 is 4.74 Å². The summed E-state index contributed by atoms with van der Waals surface area (Å²) in [6.07, 6.45) is 13.9. The monoisotopic (exact) mass is 422 g/mol. The van der Waals surface area contributed by atoms with Gasteiger partial charge in [0, 0.05) is 5.56 Å². The summed E-state index contributed by atoms with van der Waals surface area (Å²) in [5.74, 6) is 1.46. The molecule has 0 spiro atoms. The van der Waals surface area contributed by atoms with Crippen molar-refractivity contribution >= 4 is 29.4 Å². The van der Waals surface area contributed by atoms with Crippen molar-refractivity contribution in [1.82, 2.24) is 4.98 Å². The third-order valence-electron chi connectivity index (χ3n) is 6.32. The van der Waals surface area contributed by atoms with E-state index in [4.69, 9.17) is 21.3 Å². The Balaban J connectivity index is 1.51. The maximum atomic E-state index is 6.54. The lowest BCUT2D eigenvalue weighted by Crippen LogP contribution is -2.15. The van der Waals surface area contributed by atoms with Gasteiger partial charge in [0.05, 0.1) is 16.8 Å². The van der Waals surface area contributed by atoms with Crippen LogP contribution in [0.2, 0.25) is 5.02 Å². The van der Waals surface area contributed by atoms with Gasteiger partial charge in [0.25, 0.3) is 0 Å². The second-order valence-electron chi connectivity index (χ2n) is 8.78. The molecule has 4 heteroatoms. The molecule has 4 rings (SSSR count). The zero-order valence-corrected chi connectivity index (χ0v) is 18.8. The standard InChI is InChI=1S/C26H31ClN2O/c1-18-8-10-20(11-9-18)21-12-14-22(15-13-21)25-24(27)16-19(2)26(29-25)28-17-30-23-6-4-3-5-7-23/h10,12-18,23H,3-9,11H2,1-2H3/b28-17+. The first-order chi connectivity index (χ1) is 14.6. The van der Waals surface area contributed by atoms with Gasteiger partial charge >= 0.3 is 0 Å². The third-order valence-corrected chi connectivity index (χ3v) is 6.61. The number of benzene rings is 1. The minimum atomic E-state index is 0.291. The van der Waals surface area contributed by atoms with Gasteiger partial charge in [-0.15, -0.1) is 0 Å². The van der Waals surface area contributed by atoms with E-state index in [2.05, 4.69) is 42.3 Å². The average molecular weight is 423 g/mol. The molecule has 0 saturated heterocycles. The minimum absolute atomic E-state index is 0.291. The minimum Gasteiger partial charge on any atom is -0.480 e. The number of halogens is 1. The van der Waals surface area contributed by atoms with Crippen LogP contribution >= 0.6 is 11.6 Å². The van der Waals surface area contributed by atoms with Gasteiger partial charge in [0.1, 0.15) is 0 Å². The Morgan fingerprint density at radius 3 is 2.50 bits per heavy atom. The molecular weight excluding hydrogens is 392 g/mol. The van der Waals surface area contributed by atoms with E-state index in [9.17, 15) is 0 Å². The van der Waals surface area contributed by atoms with Gasteiger partial charge in [0.2, 0.25) is 0 Å². The molecule has 0 bridgehead atoms. The fourth-order valence-electron chi connectivity index (χ4n) is 4.34. The van der Waals surface area contributed by atoms with Crippen molar-refractivity contribution in [2.75, 3.05) is 0 Å². The van der Waals surface area contributed by atoms with Gasteiger partial charge in [-0.25, -0.2) is 9.98 Å². The Labute approximate surface area is 185 Å². The molecule has 2 aromatic rings. The lowest BCUT2D eigenvalue weighted by atomic mass is 9.87. The molecule has 2 aliphatic rings. The molecule has 1 fully saturated rings. The summed E-state index contributed by atoms with van der Waals surface area (Å²) in [4.78, 5) is 9.25. The quantitative estimate of drug-likeness (QED) is 0.362. The van der Waals surface area contributed by atoms with E-state index in [-0.39, 0.29) is 0 Å². The molecule has 1 aromatic heterocycles. The molecule has 3 nitrogen and oxygen atoms in total. The first-order valence-corrected chi connectivity index (χ1v) is 11.6. The Hall–Kier alpha value is -2.13. The molecule has 1 atom stereocenters. The molecule has 1 saturated carbocycles. The van der Waals surface area contributed by atoms with Crippen molar-refractivity contribution in [1.29, 1.82) is 0 Å². The molecule has 158 valence electrons. The largest absolute Gasteiger partial charge is 0.480 e. The number of aryl methyl sites for hydroxylation is 1. The first-order valence-electron chi connectivity index (χ1n) is 11.2. The summed E-state index contributed by atoms with van der Waals surface area (Å²) < 4.78 is 5.84. The molecule has 2 aliphatic carbocycles. The van der Waals surface area contributed by atoms with Crippen molar-refractivity contribution in [3.8, 4) is 11.3 Å². The van der Waals surface area contributed by atoms with Crippen molar-refractivity contribution in [3.05, 3.63) is 52.6 Å². The fraction of sp³-hybridized carbons (Fsp3) is 0.462. The van der Waals surface area contributed by atoms with Crippen LogP contribution in [0.15, 0.2) is 41.4 Å². The smallest absolute Gasteiger partial charge is 0.176 e. The van der Waals surface area contributed by atoms with Crippen molar-refractivity contribution in [3.63, 3.8) is 0 Å². The van der Waals surface area contributed by atoms with E-state index >= 15 is 0 Å². The van der Waals surface area contributed by atoms with Crippen molar-refractivity contribution in [2.24, 2.45) is 10.9 Å². The molecule has 1 unspecified atom stereocenters. The van der Waals surface area contributed by atoms with Crippen molar-refractivity contribution < 1.29 is 4.74 Å². The number of ether oxygens (including phenoxy) is 1. The Bertz CT molecular complexity index is 927. The zero-order chi connectivity index (χ0) is 20.9. The maximum absolute atomic E-state index is 6.54. The maximum Gasteiger partial charge on any atom is 0.176 e. The van der Waals surface area contributed by atoms with Gasteiger partial charge in [0.15, 0.2) is 12.2 Å². The number of hydrogen-bond acceptors (Lipinski definition) is 3. The Morgan fingerprint density at radius 2 is 1.80 bits per heavy atom. The van der Waals surface area contributed by atoms with Gasteiger partial charge in [-0.05, 0) is 80.6 Å². The molecule has 1 heterocycles. The zero-order valence-electron chi connectivity index (χ0n) is 18.0. The molecular formula is C26H31ClN2O. The fourth-order valence-corrected chi connectivity index (χ4v) is 4.66. The van der Waals surface area contributed by atoms with Crippen LogP contribution in [-0.2, 0) is 4.74 Å². The van der Waals surface area contributed by atoms with Crippen LogP contribution < -0.4 is 0 Å². The van der Waals surface area contributed by atoms with E-state index in [0.29, 0.717) is 16.9 Å². The molecule has 0 N–H and O–H groups in total. The summed E-state index contributed by atoms with van der Waals surface area (Å²) in [6.45, 7) is 4.30. The average Bonchev–Trinajstić information content (AvgIpc) is 2.77. The second-order valence-corrected chi connectivity index (χ2v) is 9.18. The number of aromatic nitrogens is 1. The summed E-state index contributed by atoms with van der Waals surface area (Å²) in [5.41, 5.74) is 5.48. The highest BCUT2D eigenvalue weighted by atomic mass is 35.5. The lowest BCUT2D eigenvalue weighted by Gasteiger charge is -2.20. The van der Waals surface area contributed by atoms with Crippen LogP contribution in [0, 0.1) is 12.8 Å². The molecule has 1 aromatic carbocycles. The second kappa shape index (κ2) is 9.78. The number of rotatable bonds is 5. The SMILES string of the molecule is Cc1cc(Cl)c(-c2ccc(C3=CCC(C)CC3)cc2)nc1/N=C/OC1CCCCC1. The Kier molecular flexibility index (Phi) is 6.89. The van der Waals surface area contributed by atoms with Gasteiger partial charge in [-0.2, -0.15) is 0 Å². The normalized spacial score (nSPS) is 20.4. The van der Waals surface area contributed by atoms with Crippen LogP contribution in [0.25, 0.3) is 16.8 Å². The van der Waals surface area contributed by atoms with Gasteiger partial charge in [-0.3, -0.25) is 0 Å². The predicted molar refractivity (Wildman–Crippen MR) is 127 cm³/mol. The number of pyridine rings is 1. The number of nitrogens with zero attached hydrogens (tertiary/aromatic N) is 2. The van der Waals surface area contributed by atoms with E-state index in [1.54, 1.807) is 6.40 Å². The highest BCUT2D eigenvalue weighted by molar-refractivity contribution is 6.33. The van der Waals surface area contributed by atoms with Crippen LogP contribution in [-0.4, -0.2) is 17.5 Å². The molecule has 0 aliphatic heterocycles. The van der Waals surface area contributed by atoms with Crippen LogP contribution in [0.1, 0.15) is 69.4 Å². The molecule has 0 radical (unpaired) electrons. The Morgan fingerprint density at radius 1 is 1.07 bits per heavy atom. The van der Waals surface area contributed by atoms with Crippen molar-refractivity contribution in [2.45, 2.75) is 71.3 Å². The van der Waals surface area contributed by atoms with Crippen LogP contribution in [0.5, 0.6) is 0 Å². The van der Waals surface area contributed by atoms with E-state index in [1.807, 2.05) is 13.0 Å². The lowest BCUT2D eigenvalue weighted by molar-refractivity contribution is 0.152. The first kappa shape index (κ1) is 21.1. The van der Waals surface area contributed by atoms with E-state index in [1.165, 1.54) is 43.2 Å². The summed E-state index contributed by atoms with van der Waals surface area (Å²) >= 11 is 6.54. The summed E-state index contributed by atoms with van der Waals surface area (Å²) in [7, 11) is 0. The molecule has 30 heavy (non-hydrogen) atoms.